The molecule has 1 saturated heterocycles. The smallest absolute Gasteiger partial charge is 0.410 e. The van der Waals surface area contributed by atoms with Crippen molar-refractivity contribution in [3.63, 3.8) is 0 Å². The molecule has 1 fully saturated rings. The first-order valence-electron chi connectivity index (χ1n) is 8.11. The first-order chi connectivity index (χ1) is 11.2. The highest BCUT2D eigenvalue weighted by atomic mass is 16.6. The standard InChI is InChI=1S/C17H24N2O5/c1-17(2,3)24-16(23)19-10-4-5-13(19)14(20)18-12-8-6-11(7-9-12)15(21)22/h6,8,13H,4-5,7,9-10H2,1-3H3,(H,18,20)(H,21,22)/t13-/m0/s1. The van der Waals surface area contributed by atoms with E-state index in [1.54, 1.807) is 26.8 Å². The van der Waals surface area contributed by atoms with Crippen LogP contribution >= 0.6 is 0 Å². The molecule has 0 spiro atoms. The van der Waals surface area contributed by atoms with Gasteiger partial charge in [-0.3, -0.25) is 9.69 Å². The van der Waals surface area contributed by atoms with Gasteiger partial charge in [-0.15, -0.1) is 0 Å². The van der Waals surface area contributed by atoms with E-state index in [0.29, 0.717) is 37.1 Å². The number of carboxylic acid groups (broad SMARTS) is 1. The summed E-state index contributed by atoms with van der Waals surface area (Å²) in [6.45, 7) is 5.86. The summed E-state index contributed by atoms with van der Waals surface area (Å²) in [6.07, 6.45) is 4.81. The van der Waals surface area contributed by atoms with Gasteiger partial charge in [0.05, 0.1) is 0 Å². The van der Waals surface area contributed by atoms with E-state index in [-0.39, 0.29) is 5.91 Å². The summed E-state index contributed by atoms with van der Waals surface area (Å²) >= 11 is 0. The summed E-state index contributed by atoms with van der Waals surface area (Å²) in [5, 5.41) is 11.7. The number of allylic oxidation sites excluding steroid dienone is 3. The molecule has 0 bridgehead atoms. The minimum atomic E-state index is -0.941. The third-order valence-electron chi connectivity index (χ3n) is 3.89. The van der Waals surface area contributed by atoms with E-state index < -0.39 is 23.7 Å². The van der Waals surface area contributed by atoms with Crippen LogP contribution in [0.4, 0.5) is 4.79 Å². The molecule has 1 aliphatic carbocycles. The van der Waals surface area contributed by atoms with Crippen LogP contribution in [0.25, 0.3) is 0 Å². The Morgan fingerprint density at radius 1 is 1.25 bits per heavy atom. The molecule has 1 atom stereocenters. The molecule has 0 aromatic rings. The van der Waals surface area contributed by atoms with Crippen molar-refractivity contribution in [3.8, 4) is 0 Å². The fourth-order valence-corrected chi connectivity index (χ4v) is 2.74. The minimum absolute atomic E-state index is 0.253. The molecule has 1 heterocycles. The Kier molecular flexibility index (Phi) is 5.31. The van der Waals surface area contributed by atoms with Crippen molar-refractivity contribution < 1.29 is 24.2 Å². The number of hydrogen-bond acceptors (Lipinski definition) is 4. The average molecular weight is 336 g/mol. The van der Waals surface area contributed by atoms with Crippen LogP contribution in [0, 0.1) is 0 Å². The summed E-state index contributed by atoms with van der Waals surface area (Å²) in [5.74, 6) is -1.19. The second-order valence-corrected chi connectivity index (χ2v) is 7.01. The van der Waals surface area contributed by atoms with Crippen molar-refractivity contribution >= 4 is 18.0 Å². The molecule has 0 aromatic heterocycles. The fraction of sp³-hybridized carbons (Fsp3) is 0.588. The molecule has 2 rings (SSSR count). The number of carbonyl (C=O) groups is 3. The SMILES string of the molecule is CC(C)(C)OC(=O)N1CCC[C@H]1C(=O)NC1=CC=C(C(=O)O)CC1. The summed E-state index contributed by atoms with van der Waals surface area (Å²) in [7, 11) is 0. The van der Waals surface area contributed by atoms with Gasteiger partial charge in [0.1, 0.15) is 11.6 Å². The highest BCUT2D eigenvalue weighted by Crippen LogP contribution is 2.22. The monoisotopic (exact) mass is 336 g/mol. The van der Waals surface area contributed by atoms with Gasteiger partial charge in [0.2, 0.25) is 5.91 Å². The van der Waals surface area contributed by atoms with E-state index in [2.05, 4.69) is 5.32 Å². The maximum absolute atomic E-state index is 12.5. The molecule has 0 radical (unpaired) electrons. The third kappa shape index (κ3) is 4.59. The maximum atomic E-state index is 12.5. The number of aliphatic carboxylic acids is 1. The van der Waals surface area contributed by atoms with Crippen molar-refractivity contribution in [1.29, 1.82) is 0 Å². The quantitative estimate of drug-likeness (QED) is 0.823. The lowest BCUT2D eigenvalue weighted by molar-refractivity contribution is -0.132. The average Bonchev–Trinajstić information content (AvgIpc) is 2.95. The number of hydrogen-bond donors (Lipinski definition) is 2. The number of ether oxygens (including phenoxy) is 1. The van der Waals surface area contributed by atoms with Crippen LogP contribution in [0.3, 0.4) is 0 Å². The zero-order valence-corrected chi connectivity index (χ0v) is 14.3. The summed E-state index contributed by atoms with van der Waals surface area (Å²) < 4.78 is 5.35. The molecule has 2 aliphatic rings. The lowest BCUT2D eigenvalue weighted by Gasteiger charge is -2.28. The Morgan fingerprint density at radius 2 is 1.96 bits per heavy atom. The zero-order chi connectivity index (χ0) is 17.9. The largest absolute Gasteiger partial charge is 0.478 e. The van der Waals surface area contributed by atoms with Crippen LogP contribution in [0.2, 0.25) is 0 Å². The summed E-state index contributed by atoms with van der Waals surface area (Å²) in [5.41, 5.74) is 0.384. The Morgan fingerprint density at radius 3 is 2.50 bits per heavy atom. The van der Waals surface area contributed by atoms with Crippen molar-refractivity contribution in [1.82, 2.24) is 10.2 Å². The molecule has 1 aliphatic heterocycles. The number of nitrogens with one attached hydrogen (secondary N) is 1. The summed E-state index contributed by atoms with van der Waals surface area (Å²) in [4.78, 5) is 37.0. The molecule has 2 amide bonds. The Labute approximate surface area is 141 Å². The molecule has 0 unspecified atom stereocenters. The minimum Gasteiger partial charge on any atom is -0.478 e. The Hall–Kier alpha value is -2.31. The van der Waals surface area contributed by atoms with Crippen LogP contribution in [-0.4, -0.2) is 46.2 Å². The van der Waals surface area contributed by atoms with E-state index in [0.717, 1.165) is 6.42 Å². The number of likely N-dealkylation sites (tertiary alicyclic amines) is 1. The van der Waals surface area contributed by atoms with Gasteiger partial charge >= 0.3 is 12.1 Å². The topological polar surface area (TPSA) is 95.9 Å². The molecule has 7 nitrogen and oxygen atoms in total. The molecular formula is C17H24N2O5. The van der Waals surface area contributed by atoms with Gasteiger partial charge in [0, 0.05) is 17.8 Å². The van der Waals surface area contributed by atoms with Gasteiger partial charge in [0.25, 0.3) is 0 Å². The number of amides is 2. The lowest BCUT2D eigenvalue weighted by atomic mass is 10.0. The van der Waals surface area contributed by atoms with Gasteiger partial charge in [0.15, 0.2) is 0 Å². The number of carbonyl (C=O) groups excluding carboxylic acids is 2. The fourth-order valence-electron chi connectivity index (χ4n) is 2.74. The van der Waals surface area contributed by atoms with Crippen molar-refractivity contribution in [2.45, 2.75) is 58.1 Å². The van der Waals surface area contributed by atoms with Crippen molar-refractivity contribution in [3.05, 3.63) is 23.4 Å². The van der Waals surface area contributed by atoms with Crippen molar-refractivity contribution in [2.75, 3.05) is 6.54 Å². The predicted octanol–water partition coefficient (Wildman–Crippen LogP) is 2.19. The van der Waals surface area contributed by atoms with E-state index in [1.165, 1.54) is 11.0 Å². The predicted molar refractivity (Wildman–Crippen MR) is 87.1 cm³/mol. The number of rotatable bonds is 3. The third-order valence-corrected chi connectivity index (χ3v) is 3.89. The first-order valence-corrected chi connectivity index (χ1v) is 8.11. The molecule has 7 heteroatoms. The maximum Gasteiger partial charge on any atom is 0.410 e. The Balaban J connectivity index is 1.99. The van der Waals surface area contributed by atoms with Crippen LogP contribution in [0.1, 0.15) is 46.5 Å². The van der Waals surface area contributed by atoms with E-state index in [1.807, 2.05) is 0 Å². The van der Waals surface area contributed by atoms with E-state index >= 15 is 0 Å². The highest BCUT2D eigenvalue weighted by Gasteiger charge is 2.36. The number of nitrogens with zero attached hydrogens (tertiary/aromatic N) is 1. The van der Waals surface area contributed by atoms with Crippen LogP contribution in [0.5, 0.6) is 0 Å². The van der Waals surface area contributed by atoms with E-state index in [9.17, 15) is 14.4 Å². The Bertz CT molecular complexity index is 601. The van der Waals surface area contributed by atoms with Gasteiger partial charge in [-0.25, -0.2) is 9.59 Å². The highest BCUT2D eigenvalue weighted by molar-refractivity contribution is 5.89. The second-order valence-electron chi connectivity index (χ2n) is 7.01. The van der Waals surface area contributed by atoms with Gasteiger partial charge in [-0.2, -0.15) is 0 Å². The molecule has 0 saturated carbocycles. The second kappa shape index (κ2) is 7.07. The van der Waals surface area contributed by atoms with Crippen LogP contribution in [-0.2, 0) is 14.3 Å². The molecule has 0 aromatic carbocycles. The van der Waals surface area contributed by atoms with Gasteiger partial charge in [-0.1, -0.05) is 6.08 Å². The van der Waals surface area contributed by atoms with Crippen LogP contribution in [0.15, 0.2) is 23.4 Å². The normalized spacial score (nSPS) is 21.0. The lowest BCUT2D eigenvalue weighted by Crippen LogP contribution is -2.47. The first kappa shape index (κ1) is 18.0. The summed E-state index contributed by atoms with van der Waals surface area (Å²) in [6, 6.07) is -0.550. The van der Waals surface area contributed by atoms with Crippen molar-refractivity contribution in [2.24, 2.45) is 0 Å². The van der Waals surface area contributed by atoms with Gasteiger partial charge in [-0.05, 0) is 52.5 Å². The van der Waals surface area contributed by atoms with Gasteiger partial charge < -0.3 is 15.2 Å². The molecular weight excluding hydrogens is 312 g/mol. The number of carboxylic acids is 1. The molecule has 2 N–H and O–H groups in total. The van der Waals surface area contributed by atoms with E-state index in [4.69, 9.17) is 9.84 Å². The molecule has 24 heavy (non-hydrogen) atoms. The van der Waals surface area contributed by atoms with Crippen LogP contribution < -0.4 is 5.32 Å². The zero-order valence-electron chi connectivity index (χ0n) is 14.3. The molecule has 132 valence electrons.